The van der Waals surface area contributed by atoms with Crippen molar-refractivity contribution in [2.24, 2.45) is 0 Å². The molecule has 0 saturated carbocycles. The van der Waals surface area contributed by atoms with Crippen molar-refractivity contribution in [3.8, 4) is 11.3 Å². The van der Waals surface area contributed by atoms with E-state index in [1.165, 1.54) is 0 Å². The molecule has 3 rings (SSSR count). The quantitative estimate of drug-likeness (QED) is 0.647. The third-order valence-corrected chi connectivity index (χ3v) is 2.26. The fraction of sp³-hybridized carbons (Fsp3) is 0. The highest BCUT2D eigenvalue weighted by Crippen LogP contribution is 2.19. The van der Waals surface area contributed by atoms with Crippen molar-refractivity contribution in [3.63, 3.8) is 0 Å². The predicted octanol–water partition coefficient (Wildman–Crippen LogP) is 2.02. The van der Waals surface area contributed by atoms with Crippen molar-refractivity contribution < 1.29 is 0 Å². The van der Waals surface area contributed by atoms with E-state index in [-0.39, 0.29) is 0 Å². The Morgan fingerprint density at radius 1 is 1.07 bits per heavy atom. The topological polar surface area (TPSA) is 54.5 Å². The normalized spacial score (nSPS) is 10.7. The highest BCUT2D eigenvalue weighted by Gasteiger charge is 2.01. The van der Waals surface area contributed by atoms with Gasteiger partial charge in [-0.1, -0.05) is 0 Å². The summed E-state index contributed by atoms with van der Waals surface area (Å²) in [4.78, 5) is 15.6. The minimum Gasteiger partial charge on any atom is -0.346 e. The van der Waals surface area contributed by atoms with Gasteiger partial charge in [0.05, 0.1) is 11.9 Å². The van der Waals surface area contributed by atoms with E-state index in [0.29, 0.717) is 0 Å². The molecular weight excluding hydrogens is 188 g/mol. The van der Waals surface area contributed by atoms with Gasteiger partial charge in [0.15, 0.2) is 0 Å². The van der Waals surface area contributed by atoms with Crippen molar-refractivity contribution in [3.05, 3.63) is 43.1 Å². The van der Waals surface area contributed by atoms with Gasteiger partial charge in [-0.05, 0) is 12.1 Å². The zero-order valence-corrected chi connectivity index (χ0v) is 7.88. The van der Waals surface area contributed by atoms with Crippen LogP contribution in [0.5, 0.6) is 0 Å². The first-order chi connectivity index (χ1) is 7.43. The maximum absolute atomic E-state index is 4.29. The number of fused-ring (bicyclic) bond motifs is 1. The van der Waals surface area contributed by atoms with Crippen LogP contribution in [0.1, 0.15) is 0 Å². The van der Waals surface area contributed by atoms with Gasteiger partial charge in [-0.25, -0.2) is 4.98 Å². The molecule has 15 heavy (non-hydrogen) atoms. The molecule has 3 heterocycles. The number of aromatic nitrogens is 4. The van der Waals surface area contributed by atoms with E-state index in [1.807, 2.05) is 18.3 Å². The third kappa shape index (κ3) is 1.36. The highest BCUT2D eigenvalue weighted by atomic mass is 14.8. The number of nitrogens with one attached hydrogen (secondary N) is 1. The number of pyridine rings is 1. The maximum atomic E-state index is 4.29. The molecule has 0 aliphatic carbocycles. The molecule has 0 aromatic carbocycles. The van der Waals surface area contributed by atoms with Gasteiger partial charge in [-0.3, -0.25) is 9.97 Å². The second kappa shape index (κ2) is 3.16. The Labute approximate surface area is 86.0 Å². The lowest BCUT2D eigenvalue weighted by atomic mass is 10.2. The van der Waals surface area contributed by atoms with Crippen molar-refractivity contribution in [2.75, 3.05) is 0 Å². The molecule has 0 atom stereocenters. The Hall–Kier alpha value is -2.23. The van der Waals surface area contributed by atoms with E-state index in [0.717, 1.165) is 22.3 Å². The monoisotopic (exact) mass is 196 g/mol. The summed E-state index contributed by atoms with van der Waals surface area (Å²) in [6.45, 7) is 0. The van der Waals surface area contributed by atoms with E-state index in [2.05, 4.69) is 19.9 Å². The first-order valence-corrected chi connectivity index (χ1v) is 4.63. The maximum Gasteiger partial charge on any atom is 0.137 e. The summed E-state index contributed by atoms with van der Waals surface area (Å²) in [6.07, 6.45) is 8.73. The average molecular weight is 196 g/mol. The van der Waals surface area contributed by atoms with Crippen LogP contribution in [-0.2, 0) is 0 Å². The van der Waals surface area contributed by atoms with Crippen LogP contribution in [0.2, 0.25) is 0 Å². The van der Waals surface area contributed by atoms with Crippen LogP contribution >= 0.6 is 0 Å². The summed E-state index contributed by atoms with van der Waals surface area (Å²) in [6, 6.07) is 4.03. The largest absolute Gasteiger partial charge is 0.346 e. The average Bonchev–Trinajstić information content (AvgIpc) is 2.77. The molecule has 0 aliphatic heterocycles. The lowest BCUT2D eigenvalue weighted by Crippen LogP contribution is -1.85. The molecule has 3 aromatic heterocycles. The molecule has 3 aromatic rings. The Morgan fingerprint density at radius 2 is 2.07 bits per heavy atom. The van der Waals surface area contributed by atoms with Gasteiger partial charge < -0.3 is 4.98 Å². The van der Waals surface area contributed by atoms with Gasteiger partial charge in [0, 0.05) is 35.7 Å². The lowest BCUT2D eigenvalue weighted by Gasteiger charge is -1.98. The molecule has 72 valence electrons. The number of rotatable bonds is 1. The molecule has 0 unspecified atom stereocenters. The number of H-pyrrole nitrogens is 1. The van der Waals surface area contributed by atoms with Gasteiger partial charge in [-0.15, -0.1) is 0 Å². The first-order valence-electron chi connectivity index (χ1n) is 4.63. The second-order valence-corrected chi connectivity index (χ2v) is 3.23. The van der Waals surface area contributed by atoms with Crippen LogP contribution in [0.4, 0.5) is 0 Å². The Morgan fingerprint density at radius 3 is 2.93 bits per heavy atom. The van der Waals surface area contributed by atoms with Gasteiger partial charge >= 0.3 is 0 Å². The van der Waals surface area contributed by atoms with E-state index in [9.17, 15) is 0 Å². The number of nitrogens with zero attached hydrogens (tertiary/aromatic N) is 3. The molecule has 0 saturated heterocycles. The molecule has 0 fully saturated rings. The van der Waals surface area contributed by atoms with Crippen LogP contribution in [0, 0.1) is 0 Å². The van der Waals surface area contributed by atoms with Gasteiger partial charge in [0.2, 0.25) is 0 Å². The predicted molar refractivity (Wildman–Crippen MR) is 57.1 cm³/mol. The lowest BCUT2D eigenvalue weighted by molar-refractivity contribution is 1.20. The minimum absolute atomic E-state index is 0.841. The van der Waals surface area contributed by atoms with Crippen molar-refractivity contribution in [1.82, 2.24) is 19.9 Å². The van der Waals surface area contributed by atoms with Crippen molar-refractivity contribution >= 4 is 11.0 Å². The Bertz CT molecular complexity index is 586. The van der Waals surface area contributed by atoms with Crippen LogP contribution in [-0.4, -0.2) is 19.9 Å². The molecule has 4 nitrogen and oxygen atoms in total. The number of hydrogen-bond donors (Lipinski definition) is 1. The Kier molecular flexibility index (Phi) is 1.71. The molecule has 0 radical (unpaired) electrons. The SMILES string of the molecule is c1cnc(-c2cnc3[nH]ccc3c2)cn1. The molecular formula is C11H8N4. The summed E-state index contributed by atoms with van der Waals surface area (Å²) in [5.74, 6) is 0. The molecule has 0 bridgehead atoms. The number of aromatic amines is 1. The minimum atomic E-state index is 0.841. The van der Waals surface area contributed by atoms with Gasteiger partial charge in [0.1, 0.15) is 5.65 Å². The highest BCUT2D eigenvalue weighted by molar-refractivity contribution is 5.80. The summed E-state index contributed by atoms with van der Waals surface area (Å²) >= 11 is 0. The number of hydrogen-bond acceptors (Lipinski definition) is 3. The second-order valence-electron chi connectivity index (χ2n) is 3.23. The Balaban J connectivity index is 2.19. The molecule has 0 aliphatic rings. The summed E-state index contributed by atoms with van der Waals surface area (Å²) in [7, 11) is 0. The first kappa shape index (κ1) is 8.11. The van der Waals surface area contributed by atoms with Crippen LogP contribution in [0.15, 0.2) is 43.1 Å². The fourth-order valence-corrected chi connectivity index (χ4v) is 1.53. The molecule has 4 heteroatoms. The van der Waals surface area contributed by atoms with Gasteiger partial charge in [-0.2, -0.15) is 0 Å². The molecule has 0 amide bonds. The summed E-state index contributed by atoms with van der Waals surface area (Å²) in [5.41, 5.74) is 2.71. The smallest absolute Gasteiger partial charge is 0.137 e. The standard InChI is InChI=1S/C11H8N4/c1-2-14-11-8(1)5-9(6-15-11)10-7-12-3-4-13-10/h1-7H,(H,14,15). The summed E-state index contributed by atoms with van der Waals surface area (Å²) in [5, 5.41) is 1.08. The van der Waals surface area contributed by atoms with Crippen LogP contribution < -0.4 is 0 Å². The van der Waals surface area contributed by atoms with E-state index < -0.39 is 0 Å². The van der Waals surface area contributed by atoms with E-state index in [4.69, 9.17) is 0 Å². The van der Waals surface area contributed by atoms with Crippen molar-refractivity contribution in [1.29, 1.82) is 0 Å². The van der Waals surface area contributed by atoms with Gasteiger partial charge in [0.25, 0.3) is 0 Å². The fourth-order valence-electron chi connectivity index (χ4n) is 1.53. The zero-order chi connectivity index (χ0) is 10.1. The summed E-state index contributed by atoms with van der Waals surface area (Å²) < 4.78 is 0. The van der Waals surface area contributed by atoms with Crippen LogP contribution in [0.25, 0.3) is 22.3 Å². The zero-order valence-electron chi connectivity index (χ0n) is 7.88. The van der Waals surface area contributed by atoms with Crippen LogP contribution in [0.3, 0.4) is 0 Å². The van der Waals surface area contributed by atoms with E-state index >= 15 is 0 Å². The molecule has 1 N–H and O–H groups in total. The van der Waals surface area contributed by atoms with E-state index in [1.54, 1.807) is 24.8 Å². The van der Waals surface area contributed by atoms with Crippen molar-refractivity contribution in [2.45, 2.75) is 0 Å². The third-order valence-electron chi connectivity index (χ3n) is 2.26. The molecule has 0 spiro atoms.